The summed E-state index contributed by atoms with van der Waals surface area (Å²) < 4.78 is 0. The van der Waals surface area contributed by atoms with Crippen molar-refractivity contribution in [3.05, 3.63) is 0 Å². The third kappa shape index (κ3) is 4.07. The molecule has 0 amide bonds. The molecule has 1 saturated carbocycles. The highest BCUT2D eigenvalue weighted by atomic mass is 16.5. The zero-order valence-electron chi connectivity index (χ0n) is 7.71. The second-order valence-corrected chi connectivity index (χ2v) is 3.92. The molecular weight excluding hydrogens is 152 g/mol. The predicted molar refractivity (Wildman–Crippen MR) is 48.7 cm³/mol. The molecule has 0 spiro atoms. The highest BCUT2D eigenvalue weighted by Gasteiger charge is 2.13. The summed E-state index contributed by atoms with van der Waals surface area (Å²) in [4.78, 5) is 0. The minimum atomic E-state index is -1.09. The summed E-state index contributed by atoms with van der Waals surface area (Å²) in [6.45, 7) is 0. The zero-order valence-corrected chi connectivity index (χ0v) is 7.71. The Labute approximate surface area is 74.6 Å². The molecule has 0 aliphatic heterocycles. The molecule has 0 aromatic carbocycles. The molecule has 0 radical (unpaired) electrons. The van der Waals surface area contributed by atoms with Gasteiger partial charge in [-0.1, -0.05) is 38.5 Å². The van der Waals surface area contributed by atoms with E-state index in [1.165, 1.54) is 38.5 Å². The molecule has 12 heavy (non-hydrogen) atoms. The number of unbranched alkanes of at least 4 members (excludes halogenated alkanes) is 1. The Bertz CT molecular complexity index is 106. The molecule has 0 atom stereocenters. The maximum absolute atomic E-state index is 8.60. The second kappa shape index (κ2) is 5.55. The van der Waals surface area contributed by atoms with Gasteiger partial charge in [-0.25, -0.2) is 0 Å². The standard InChI is InChI=1S/C10H20O2/c11-10(12)8-4-3-7-9-5-1-2-6-9/h9-12H,1-8H2. The van der Waals surface area contributed by atoms with E-state index in [9.17, 15) is 0 Å². The topological polar surface area (TPSA) is 40.5 Å². The Morgan fingerprint density at radius 3 is 2.33 bits per heavy atom. The van der Waals surface area contributed by atoms with E-state index >= 15 is 0 Å². The lowest BCUT2D eigenvalue weighted by Gasteiger charge is -2.08. The Morgan fingerprint density at radius 2 is 1.75 bits per heavy atom. The van der Waals surface area contributed by atoms with Crippen molar-refractivity contribution in [2.45, 2.75) is 57.7 Å². The smallest absolute Gasteiger partial charge is 0.151 e. The van der Waals surface area contributed by atoms with Crippen LogP contribution in [0.1, 0.15) is 51.4 Å². The number of rotatable bonds is 5. The van der Waals surface area contributed by atoms with Crippen molar-refractivity contribution in [2.24, 2.45) is 5.92 Å². The fourth-order valence-corrected chi connectivity index (χ4v) is 2.06. The SMILES string of the molecule is OC(O)CCCCC1CCCC1. The van der Waals surface area contributed by atoms with Crippen LogP contribution >= 0.6 is 0 Å². The summed E-state index contributed by atoms with van der Waals surface area (Å²) in [6.07, 6.45) is 8.52. The van der Waals surface area contributed by atoms with Crippen LogP contribution in [0.2, 0.25) is 0 Å². The van der Waals surface area contributed by atoms with Crippen LogP contribution in [-0.4, -0.2) is 16.5 Å². The van der Waals surface area contributed by atoms with Crippen molar-refractivity contribution in [3.63, 3.8) is 0 Å². The van der Waals surface area contributed by atoms with Crippen LogP contribution in [0.3, 0.4) is 0 Å². The van der Waals surface area contributed by atoms with Crippen LogP contribution < -0.4 is 0 Å². The fraction of sp³-hybridized carbons (Fsp3) is 1.00. The quantitative estimate of drug-likeness (QED) is 0.492. The molecule has 2 heteroatoms. The molecule has 0 bridgehead atoms. The van der Waals surface area contributed by atoms with Crippen molar-refractivity contribution >= 4 is 0 Å². The highest BCUT2D eigenvalue weighted by Crippen LogP contribution is 2.29. The Balaban J connectivity index is 1.88. The van der Waals surface area contributed by atoms with Gasteiger partial charge in [-0.2, -0.15) is 0 Å². The van der Waals surface area contributed by atoms with E-state index in [-0.39, 0.29) is 0 Å². The van der Waals surface area contributed by atoms with Gasteiger partial charge in [0.25, 0.3) is 0 Å². The third-order valence-corrected chi connectivity index (χ3v) is 2.80. The minimum Gasteiger partial charge on any atom is -0.368 e. The summed E-state index contributed by atoms with van der Waals surface area (Å²) in [5, 5.41) is 17.2. The van der Waals surface area contributed by atoms with Gasteiger partial charge in [-0.05, 0) is 18.8 Å². The molecule has 1 fully saturated rings. The third-order valence-electron chi connectivity index (χ3n) is 2.80. The van der Waals surface area contributed by atoms with Crippen LogP contribution in [-0.2, 0) is 0 Å². The van der Waals surface area contributed by atoms with Gasteiger partial charge in [0.05, 0.1) is 0 Å². The number of aliphatic hydroxyl groups excluding tert-OH is 1. The van der Waals surface area contributed by atoms with Gasteiger partial charge in [-0.15, -0.1) is 0 Å². The fourth-order valence-electron chi connectivity index (χ4n) is 2.06. The first-order valence-electron chi connectivity index (χ1n) is 5.15. The molecule has 72 valence electrons. The lowest BCUT2D eigenvalue weighted by molar-refractivity contribution is -0.0467. The van der Waals surface area contributed by atoms with Gasteiger partial charge < -0.3 is 10.2 Å². The van der Waals surface area contributed by atoms with Crippen molar-refractivity contribution in [3.8, 4) is 0 Å². The summed E-state index contributed by atoms with van der Waals surface area (Å²) in [7, 11) is 0. The molecule has 0 aromatic heterocycles. The van der Waals surface area contributed by atoms with Gasteiger partial charge in [0.1, 0.15) is 0 Å². The van der Waals surface area contributed by atoms with E-state index in [0.717, 1.165) is 12.3 Å². The van der Waals surface area contributed by atoms with Crippen LogP contribution in [0.25, 0.3) is 0 Å². The minimum absolute atomic E-state index is 0.548. The molecule has 0 saturated heterocycles. The maximum Gasteiger partial charge on any atom is 0.151 e. The monoisotopic (exact) mass is 172 g/mol. The Hall–Kier alpha value is -0.0800. The molecule has 0 unspecified atom stereocenters. The largest absolute Gasteiger partial charge is 0.368 e. The van der Waals surface area contributed by atoms with Crippen molar-refractivity contribution in [1.29, 1.82) is 0 Å². The van der Waals surface area contributed by atoms with E-state index in [1.54, 1.807) is 0 Å². The molecule has 2 nitrogen and oxygen atoms in total. The van der Waals surface area contributed by atoms with E-state index in [1.807, 2.05) is 0 Å². The highest BCUT2D eigenvalue weighted by molar-refractivity contribution is 4.66. The molecule has 2 N–H and O–H groups in total. The lowest BCUT2D eigenvalue weighted by atomic mass is 10.00. The summed E-state index contributed by atoms with van der Waals surface area (Å²) >= 11 is 0. The van der Waals surface area contributed by atoms with Gasteiger partial charge >= 0.3 is 0 Å². The van der Waals surface area contributed by atoms with E-state index in [0.29, 0.717) is 6.42 Å². The molecule has 1 aliphatic carbocycles. The van der Waals surface area contributed by atoms with E-state index < -0.39 is 6.29 Å². The van der Waals surface area contributed by atoms with E-state index in [4.69, 9.17) is 10.2 Å². The molecule has 1 aliphatic rings. The first kappa shape index (κ1) is 10.0. The van der Waals surface area contributed by atoms with Gasteiger partial charge in [0.15, 0.2) is 6.29 Å². The Kier molecular flexibility index (Phi) is 4.62. The summed E-state index contributed by atoms with van der Waals surface area (Å²) in [5.41, 5.74) is 0. The van der Waals surface area contributed by atoms with E-state index in [2.05, 4.69) is 0 Å². The van der Waals surface area contributed by atoms with Crippen LogP contribution in [0.5, 0.6) is 0 Å². The number of hydrogen-bond acceptors (Lipinski definition) is 2. The van der Waals surface area contributed by atoms with Crippen molar-refractivity contribution in [2.75, 3.05) is 0 Å². The normalized spacial score (nSPS) is 19.2. The molecule has 0 aromatic rings. The summed E-state index contributed by atoms with van der Waals surface area (Å²) in [5.74, 6) is 0.945. The van der Waals surface area contributed by atoms with Crippen LogP contribution in [0.15, 0.2) is 0 Å². The van der Waals surface area contributed by atoms with Gasteiger partial charge in [-0.3, -0.25) is 0 Å². The molecular formula is C10H20O2. The lowest BCUT2D eigenvalue weighted by Crippen LogP contribution is -2.03. The average molecular weight is 172 g/mol. The van der Waals surface area contributed by atoms with Crippen LogP contribution in [0.4, 0.5) is 0 Å². The maximum atomic E-state index is 8.60. The van der Waals surface area contributed by atoms with Crippen molar-refractivity contribution in [1.82, 2.24) is 0 Å². The summed E-state index contributed by atoms with van der Waals surface area (Å²) in [6, 6.07) is 0. The van der Waals surface area contributed by atoms with Gasteiger partial charge in [0, 0.05) is 0 Å². The Morgan fingerprint density at radius 1 is 1.08 bits per heavy atom. The van der Waals surface area contributed by atoms with Crippen molar-refractivity contribution < 1.29 is 10.2 Å². The first-order chi connectivity index (χ1) is 5.79. The van der Waals surface area contributed by atoms with Gasteiger partial charge in [0.2, 0.25) is 0 Å². The molecule has 1 rings (SSSR count). The molecule has 0 heterocycles. The zero-order chi connectivity index (χ0) is 8.81. The average Bonchev–Trinajstić information content (AvgIpc) is 2.49. The number of aliphatic hydroxyl groups is 2. The predicted octanol–water partition coefficient (Wildman–Crippen LogP) is 2.05. The number of hydrogen-bond donors (Lipinski definition) is 2. The van der Waals surface area contributed by atoms with Crippen LogP contribution in [0, 0.1) is 5.92 Å². The second-order valence-electron chi connectivity index (χ2n) is 3.92. The first-order valence-corrected chi connectivity index (χ1v) is 5.15.